The third-order valence-corrected chi connectivity index (χ3v) is 8.88. The van der Waals surface area contributed by atoms with E-state index in [1.54, 1.807) is 0 Å². The second-order valence-electron chi connectivity index (χ2n) is 17.5. The number of ketones is 1. The van der Waals surface area contributed by atoms with E-state index < -0.39 is 0 Å². The van der Waals surface area contributed by atoms with Gasteiger partial charge in [0.1, 0.15) is 5.75 Å². The third-order valence-electron chi connectivity index (χ3n) is 8.88. The molecule has 0 fully saturated rings. The number of aromatic hydroxyl groups is 1. The summed E-state index contributed by atoms with van der Waals surface area (Å²) in [5.74, 6) is -0.0903. The van der Waals surface area contributed by atoms with Crippen molar-refractivity contribution in [3.63, 3.8) is 0 Å². The molecule has 0 saturated heterocycles. The lowest BCUT2D eigenvalue weighted by molar-refractivity contribution is -0.145. The normalized spacial score (nSPS) is 16.3. The molecule has 0 aliphatic heterocycles. The van der Waals surface area contributed by atoms with Gasteiger partial charge in [0.15, 0.2) is 5.78 Å². The number of Topliss-reactive ketones (excluding diaryl/α,β-unsaturated/α-hetero) is 1. The summed E-state index contributed by atoms with van der Waals surface area (Å²) < 4.78 is 11.0. The number of benzene rings is 1. The number of carbonyl (C=O) groups is 3. The van der Waals surface area contributed by atoms with E-state index in [-0.39, 0.29) is 45.3 Å². The molecule has 2 rings (SSSR count). The SMILES string of the molecule is CC(C)(C)C1=CCC(CCC(=O)OCCCCCCOC(=O)CCc2cc(C(C)(C)C)c(O)c(C(C)(C)C)c2)=CC(C(C)(C)C)C1=O. The van der Waals surface area contributed by atoms with Crippen molar-refractivity contribution >= 4 is 17.7 Å². The number of aryl methyl sites for hydroxylation is 1. The van der Waals surface area contributed by atoms with Gasteiger partial charge in [-0.3, -0.25) is 14.4 Å². The summed E-state index contributed by atoms with van der Waals surface area (Å²) in [4.78, 5) is 38.3. The zero-order chi connectivity index (χ0) is 35.8. The molecule has 0 aromatic heterocycles. The number of allylic oxidation sites excluding steroid dienone is 4. The van der Waals surface area contributed by atoms with Crippen LogP contribution >= 0.6 is 0 Å². The quantitative estimate of drug-likeness (QED) is 0.130. The molecule has 1 aromatic carbocycles. The zero-order valence-electron chi connectivity index (χ0n) is 31.7. The van der Waals surface area contributed by atoms with E-state index in [1.165, 1.54) is 0 Å². The van der Waals surface area contributed by atoms with Gasteiger partial charge in [0.25, 0.3) is 0 Å². The van der Waals surface area contributed by atoms with Gasteiger partial charge >= 0.3 is 11.9 Å². The highest BCUT2D eigenvalue weighted by Crippen LogP contribution is 2.41. The van der Waals surface area contributed by atoms with Crippen LogP contribution in [0, 0.1) is 16.7 Å². The molecular weight excluding hydrogens is 588 g/mol. The molecule has 6 heteroatoms. The average Bonchev–Trinajstić information content (AvgIpc) is 3.10. The van der Waals surface area contributed by atoms with Crippen LogP contribution in [-0.4, -0.2) is 36.0 Å². The molecule has 0 spiro atoms. The highest BCUT2D eigenvalue weighted by Gasteiger charge is 2.36. The monoisotopic (exact) mass is 652 g/mol. The lowest BCUT2D eigenvalue weighted by Gasteiger charge is -2.31. The Morgan fingerprint density at radius 2 is 1.19 bits per heavy atom. The van der Waals surface area contributed by atoms with Crippen LogP contribution in [0.1, 0.15) is 151 Å². The van der Waals surface area contributed by atoms with E-state index in [4.69, 9.17) is 9.47 Å². The van der Waals surface area contributed by atoms with E-state index in [2.05, 4.69) is 95.2 Å². The Balaban J connectivity index is 1.70. The smallest absolute Gasteiger partial charge is 0.306 e. The largest absolute Gasteiger partial charge is 0.507 e. The molecular formula is C41H64O6. The molecule has 0 radical (unpaired) electrons. The van der Waals surface area contributed by atoms with Crippen molar-refractivity contribution in [1.29, 1.82) is 0 Å². The van der Waals surface area contributed by atoms with Crippen LogP contribution in [0.2, 0.25) is 0 Å². The summed E-state index contributed by atoms with van der Waals surface area (Å²) >= 11 is 0. The number of unbranched alkanes of at least 4 members (excludes halogenated alkanes) is 3. The second-order valence-corrected chi connectivity index (χ2v) is 17.5. The molecule has 1 unspecified atom stereocenters. The average molecular weight is 653 g/mol. The van der Waals surface area contributed by atoms with Gasteiger partial charge in [0.2, 0.25) is 0 Å². The summed E-state index contributed by atoms with van der Waals surface area (Å²) in [7, 11) is 0. The van der Waals surface area contributed by atoms with Crippen LogP contribution in [0.4, 0.5) is 0 Å². The molecule has 6 nitrogen and oxygen atoms in total. The van der Waals surface area contributed by atoms with Crippen molar-refractivity contribution < 1.29 is 29.0 Å². The van der Waals surface area contributed by atoms with Gasteiger partial charge in [-0.2, -0.15) is 0 Å². The number of phenolic OH excluding ortho intramolecular Hbond substituents is 1. The van der Waals surface area contributed by atoms with Crippen LogP contribution in [0.5, 0.6) is 5.75 Å². The molecule has 47 heavy (non-hydrogen) atoms. The molecule has 1 aliphatic rings. The molecule has 0 amide bonds. The fourth-order valence-electron chi connectivity index (χ4n) is 5.95. The Hall–Kier alpha value is -2.89. The topological polar surface area (TPSA) is 89.9 Å². The first kappa shape index (κ1) is 40.3. The van der Waals surface area contributed by atoms with Crippen LogP contribution < -0.4 is 0 Å². The van der Waals surface area contributed by atoms with Crippen LogP contribution in [0.3, 0.4) is 0 Å². The Kier molecular flexibility index (Phi) is 14.1. The first-order valence-electron chi connectivity index (χ1n) is 17.6. The fraction of sp³-hybridized carbons (Fsp3) is 0.683. The minimum absolute atomic E-state index is 0.191. The Labute approximate surface area is 285 Å². The van der Waals surface area contributed by atoms with Crippen LogP contribution in [0.25, 0.3) is 0 Å². The molecule has 264 valence electrons. The maximum absolute atomic E-state index is 13.4. The minimum Gasteiger partial charge on any atom is -0.507 e. The fourth-order valence-corrected chi connectivity index (χ4v) is 5.95. The number of rotatable bonds is 13. The minimum atomic E-state index is -0.216. The van der Waals surface area contributed by atoms with Crippen molar-refractivity contribution in [2.45, 2.75) is 152 Å². The van der Waals surface area contributed by atoms with E-state index in [0.29, 0.717) is 51.1 Å². The lowest BCUT2D eigenvalue weighted by atomic mass is 9.72. The van der Waals surface area contributed by atoms with Gasteiger partial charge in [-0.15, -0.1) is 0 Å². The Morgan fingerprint density at radius 3 is 1.62 bits per heavy atom. The summed E-state index contributed by atoms with van der Waals surface area (Å²) in [6, 6.07) is 4.03. The summed E-state index contributed by atoms with van der Waals surface area (Å²) in [5, 5.41) is 10.9. The number of hydrogen-bond acceptors (Lipinski definition) is 6. The van der Waals surface area contributed by atoms with Gasteiger partial charge in [0, 0.05) is 18.8 Å². The van der Waals surface area contributed by atoms with Crippen LogP contribution in [0.15, 0.2) is 35.4 Å². The highest BCUT2D eigenvalue weighted by atomic mass is 16.5. The second kappa shape index (κ2) is 16.5. The first-order valence-corrected chi connectivity index (χ1v) is 17.6. The van der Waals surface area contributed by atoms with Gasteiger partial charge in [-0.25, -0.2) is 0 Å². The van der Waals surface area contributed by atoms with E-state index in [0.717, 1.165) is 53.5 Å². The summed E-state index contributed by atoms with van der Waals surface area (Å²) in [5.41, 5.74) is 3.99. The number of carbonyl (C=O) groups excluding carboxylic acids is 3. The van der Waals surface area contributed by atoms with Crippen molar-refractivity contribution in [3.05, 3.63) is 52.1 Å². The van der Waals surface area contributed by atoms with Crippen molar-refractivity contribution in [2.24, 2.45) is 16.7 Å². The van der Waals surface area contributed by atoms with Crippen molar-refractivity contribution in [2.75, 3.05) is 13.2 Å². The van der Waals surface area contributed by atoms with Crippen LogP contribution in [-0.2, 0) is 41.1 Å². The number of ether oxygens (including phenoxy) is 2. The number of phenols is 1. The highest BCUT2D eigenvalue weighted by molar-refractivity contribution is 6.00. The maximum atomic E-state index is 13.4. The third kappa shape index (κ3) is 12.9. The molecule has 1 atom stereocenters. The summed E-state index contributed by atoms with van der Waals surface area (Å²) in [6.45, 7) is 25.8. The predicted molar refractivity (Wildman–Crippen MR) is 192 cm³/mol. The number of hydrogen-bond donors (Lipinski definition) is 1. The molecule has 0 saturated carbocycles. The van der Waals surface area contributed by atoms with Crippen molar-refractivity contribution in [1.82, 2.24) is 0 Å². The van der Waals surface area contributed by atoms with E-state index in [9.17, 15) is 19.5 Å². The lowest BCUT2D eigenvalue weighted by Crippen LogP contribution is -2.31. The van der Waals surface area contributed by atoms with E-state index >= 15 is 0 Å². The standard InChI is InChI=1S/C41H64O6/c1-38(2,3)30-20-17-28(25-31(36(30)44)39(4,5)6)18-21-34(42)46-23-15-13-14-16-24-47-35(43)22-19-29-26-32(40(7,8)9)37(45)33(27-29)41(10,11)12/h20,25-27,31,45H,13-19,21-24H2,1-12H3. The molecule has 0 bridgehead atoms. The maximum Gasteiger partial charge on any atom is 0.306 e. The summed E-state index contributed by atoms with van der Waals surface area (Å²) in [6.07, 6.45) is 9.94. The Bertz CT molecular complexity index is 1270. The zero-order valence-corrected chi connectivity index (χ0v) is 31.7. The first-order chi connectivity index (χ1) is 21.5. The van der Waals surface area contributed by atoms with Crippen molar-refractivity contribution in [3.8, 4) is 5.75 Å². The molecule has 1 N–H and O–H groups in total. The van der Waals surface area contributed by atoms with Gasteiger partial charge in [0.05, 0.1) is 13.2 Å². The Morgan fingerprint density at radius 1 is 0.723 bits per heavy atom. The van der Waals surface area contributed by atoms with Gasteiger partial charge < -0.3 is 14.6 Å². The molecule has 1 aromatic rings. The predicted octanol–water partition coefficient (Wildman–Crippen LogP) is 9.88. The number of esters is 2. The van der Waals surface area contributed by atoms with Gasteiger partial charge in [-0.05, 0) is 88.9 Å². The molecule has 1 aliphatic carbocycles. The van der Waals surface area contributed by atoms with E-state index in [1.807, 2.05) is 12.1 Å². The van der Waals surface area contributed by atoms with Gasteiger partial charge in [-0.1, -0.05) is 113 Å². The molecule has 0 heterocycles.